The summed E-state index contributed by atoms with van der Waals surface area (Å²) in [5.41, 5.74) is 2.87. The van der Waals surface area contributed by atoms with Crippen LogP contribution in [0, 0.1) is 0 Å². The Labute approximate surface area is 230 Å². The summed E-state index contributed by atoms with van der Waals surface area (Å²) in [7, 11) is 0. The molecule has 11 heteroatoms. The first-order valence-electron chi connectivity index (χ1n) is 13.4. The Morgan fingerprint density at radius 3 is 2.79 bits per heavy atom. The fourth-order valence-corrected chi connectivity index (χ4v) is 6.63. The number of ether oxygens (including phenoxy) is 1. The van der Waals surface area contributed by atoms with E-state index in [1.165, 1.54) is 11.0 Å². The zero-order valence-corrected chi connectivity index (χ0v) is 22.5. The first-order valence-corrected chi connectivity index (χ1v) is 14.2. The quantitative estimate of drug-likeness (QED) is 0.342. The van der Waals surface area contributed by atoms with Crippen LogP contribution in [-0.2, 0) is 14.3 Å². The number of anilines is 1. The highest BCUT2D eigenvalue weighted by Gasteiger charge is 2.27. The minimum atomic E-state index is -0.254. The standard InChI is InChI=1S/C28H31N7O3S/c1-2-24(36)29-9-6-25(37)34-10-7-18(8-11-34)23-16-22-26(39-23)28(35-12-14-38-15-13-35)32-27(31-22)19-4-3-5-21-20(19)17-30-33-21/h2-5,16-18H,1,6-15H2,(H,29,36)(H,30,33). The van der Waals surface area contributed by atoms with Crippen LogP contribution in [0.25, 0.3) is 32.5 Å². The number of nitrogens with one attached hydrogen (secondary N) is 2. The van der Waals surface area contributed by atoms with Crippen LogP contribution in [0.2, 0.25) is 0 Å². The molecule has 0 aliphatic carbocycles. The maximum atomic E-state index is 12.6. The SMILES string of the molecule is C=CC(=O)NCCC(=O)N1CCC(c2cc3nc(-c4cccc5[nH]ncc45)nc(N4CCOCC4)c3s2)CC1. The van der Waals surface area contributed by atoms with Gasteiger partial charge in [0, 0.05) is 55.0 Å². The van der Waals surface area contributed by atoms with Crippen LogP contribution in [0.4, 0.5) is 5.82 Å². The van der Waals surface area contributed by atoms with Gasteiger partial charge in [-0.25, -0.2) is 9.97 Å². The molecule has 2 amide bonds. The first-order chi connectivity index (χ1) is 19.1. The number of aromatic amines is 1. The largest absolute Gasteiger partial charge is 0.378 e. The minimum Gasteiger partial charge on any atom is -0.378 e. The van der Waals surface area contributed by atoms with Crippen molar-refractivity contribution in [3.63, 3.8) is 0 Å². The Morgan fingerprint density at radius 2 is 2.00 bits per heavy atom. The molecule has 10 nitrogen and oxygen atoms in total. The average Bonchev–Trinajstić information content (AvgIpc) is 3.64. The molecule has 0 radical (unpaired) electrons. The third-order valence-electron chi connectivity index (χ3n) is 7.48. The van der Waals surface area contributed by atoms with Gasteiger partial charge in [0.1, 0.15) is 0 Å². The topological polar surface area (TPSA) is 116 Å². The number of nitrogens with zero attached hydrogens (tertiary/aromatic N) is 5. The van der Waals surface area contributed by atoms with E-state index in [1.807, 2.05) is 29.3 Å². The number of amides is 2. The maximum absolute atomic E-state index is 12.6. The number of thiophene rings is 1. The molecule has 5 heterocycles. The van der Waals surface area contributed by atoms with Crippen LogP contribution < -0.4 is 10.2 Å². The van der Waals surface area contributed by atoms with Gasteiger partial charge < -0.3 is 19.9 Å². The van der Waals surface area contributed by atoms with Gasteiger partial charge in [-0.2, -0.15) is 5.10 Å². The van der Waals surface area contributed by atoms with E-state index in [2.05, 4.69) is 33.1 Å². The molecular formula is C28H31N7O3S. The fourth-order valence-electron chi connectivity index (χ4n) is 5.34. The highest BCUT2D eigenvalue weighted by Crippen LogP contribution is 2.40. The van der Waals surface area contributed by atoms with Crippen molar-refractivity contribution >= 4 is 50.1 Å². The molecular weight excluding hydrogens is 514 g/mol. The Kier molecular flexibility index (Phi) is 7.25. The summed E-state index contributed by atoms with van der Waals surface area (Å²) in [6.45, 7) is 8.14. The van der Waals surface area contributed by atoms with E-state index in [0.717, 1.165) is 58.4 Å². The summed E-state index contributed by atoms with van der Waals surface area (Å²) < 4.78 is 6.72. The molecule has 4 aromatic rings. The van der Waals surface area contributed by atoms with E-state index < -0.39 is 0 Å². The van der Waals surface area contributed by atoms with Gasteiger partial charge in [0.15, 0.2) is 11.6 Å². The van der Waals surface area contributed by atoms with Crippen molar-refractivity contribution in [3.05, 3.63) is 48.0 Å². The van der Waals surface area contributed by atoms with Gasteiger partial charge in [-0.15, -0.1) is 11.3 Å². The monoisotopic (exact) mass is 545 g/mol. The molecule has 1 aromatic carbocycles. The van der Waals surface area contributed by atoms with Gasteiger partial charge in [-0.05, 0) is 37.0 Å². The van der Waals surface area contributed by atoms with Crippen LogP contribution in [0.1, 0.15) is 30.1 Å². The van der Waals surface area contributed by atoms with Crippen molar-refractivity contribution in [1.29, 1.82) is 0 Å². The molecule has 2 aliphatic heterocycles. The molecule has 0 unspecified atom stereocenters. The van der Waals surface area contributed by atoms with Crippen LogP contribution in [0.15, 0.2) is 43.1 Å². The van der Waals surface area contributed by atoms with E-state index >= 15 is 0 Å². The Balaban J connectivity index is 1.25. The van der Waals surface area contributed by atoms with E-state index in [0.29, 0.717) is 51.0 Å². The molecule has 6 rings (SSSR count). The molecule has 2 aliphatic rings. The van der Waals surface area contributed by atoms with Gasteiger partial charge in [0.05, 0.1) is 35.1 Å². The second kappa shape index (κ2) is 11.1. The molecule has 2 N–H and O–H groups in total. The second-order valence-electron chi connectivity index (χ2n) is 9.87. The number of fused-ring (bicyclic) bond motifs is 2. The Bertz CT molecular complexity index is 1520. The molecule has 0 saturated carbocycles. The van der Waals surface area contributed by atoms with Crippen molar-refractivity contribution in [2.24, 2.45) is 0 Å². The second-order valence-corrected chi connectivity index (χ2v) is 11.0. The molecule has 0 spiro atoms. The number of piperidine rings is 1. The normalized spacial score (nSPS) is 16.6. The predicted molar refractivity (Wildman–Crippen MR) is 152 cm³/mol. The summed E-state index contributed by atoms with van der Waals surface area (Å²) in [5, 5.41) is 10.9. The molecule has 202 valence electrons. The zero-order valence-electron chi connectivity index (χ0n) is 21.7. The van der Waals surface area contributed by atoms with E-state index in [1.54, 1.807) is 11.3 Å². The van der Waals surface area contributed by atoms with E-state index in [4.69, 9.17) is 14.7 Å². The lowest BCUT2D eigenvalue weighted by molar-refractivity contribution is -0.132. The predicted octanol–water partition coefficient (Wildman–Crippen LogP) is 3.47. The molecule has 39 heavy (non-hydrogen) atoms. The fraction of sp³-hybridized carbons (Fsp3) is 0.393. The number of likely N-dealkylation sites (tertiary alicyclic amines) is 1. The van der Waals surface area contributed by atoms with Crippen molar-refractivity contribution in [2.45, 2.75) is 25.2 Å². The number of carbonyl (C=O) groups excluding carboxylic acids is 2. The number of hydrogen-bond donors (Lipinski definition) is 2. The van der Waals surface area contributed by atoms with Gasteiger partial charge in [-0.3, -0.25) is 14.7 Å². The summed E-state index contributed by atoms with van der Waals surface area (Å²) in [5.74, 6) is 1.85. The van der Waals surface area contributed by atoms with Crippen molar-refractivity contribution in [3.8, 4) is 11.4 Å². The summed E-state index contributed by atoms with van der Waals surface area (Å²) in [6, 6.07) is 8.27. The number of rotatable bonds is 7. The summed E-state index contributed by atoms with van der Waals surface area (Å²) in [4.78, 5) is 39.6. The molecule has 0 bridgehead atoms. The maximum Gasteiger partial charge on any atom is 0.243 e. The van der Waals surface area contributed by atoms with Crippen molar-refractivity contribution < 1.29 is 14.3 Å². The molecule has 0 atom stereocenters. The van der Waals surface area contributed by atoms with Crippen LogP contribution in [-0.4, -0.2) is 82.8 Å². The summed E-state index contributed by atoms with van der Waals surface area (Å²) in [6.07, 6.45) is 5.15. The van der Waals surface area contributed by atoms with E-state index in [-0.39, 0.29) is 11.8 Å². The lowest BCUT2D eigenvalue weighted by atomic mass is 9.95. The smallest absolute Gasteiger partial charge is 0.243 e. The molecule has 2 saturated heterocycles. The Hall–Kier alpha value is -3.83. The van der Waals surface area contributed by atoms with Gasteiger partial charge in [0.2, 0.25) is 11.8 Å². The molecule has 2 fully saturated rings. The van der Waals surface area contributed by atoms with Crippen molar-refractivity contribution in [1.82, 2.24) is 30.4 Å². The third-order valence-corrected chi connectivity index (χ3v) is 8.77. The van der Waals surface area contributed by atoms with E-state index in [9.17, 15) is 9.59 Å². The van der Waals surface area contributed by atoms with Crippen LogP contribution in [0.3, 0.4) is 0 Å². The van der Waals surface area contributed by atoms with Crippen molar-refractivity contribution in [2.75, 3.05) is 50.8 Å². The lowest BCUT2D eigenvalue weighted by Gasteiger charge is -2.31. The third kappa shape index (κ3) is 5.24. The number of benzene rings is 1. The first kappa shape index (κ1) is 25.4. The Morgan fingerprint density at radius 1 is 1.18 bits per heavy atom. The van der Waals surface area contributed by atoms with Gasteiger partial charge in [-0.1, -0.05) is 18.7 Å². The zero-order chi connectivity index (χ0) is 26.8. The number of carbonyl (C=O) groups is 2. The minimum absolute atomic E-state index is 0.0766. The number of morpholine rings is 1. The molecule has 3 aromatic heterocycles. The number of aromatic nitrogens is 4. The highest BCUT2D eigenvalue weighted by molar-refractivity contribution is 7.19. The van der Waals surface area contributed by atoms with Gasteiger partial charge >= 0.3 is 0 Å². The number of H-pyrrole nitrogens is 1. The lowest BCUT2D eigenvalue weighted by Crippen LogP contribution is -2.39. The average molecular weight is 546 g/mol. The summed E-state index contributed by atoms with van der Waals surface area (Å²) >= 11 is 1.78. The van der Waals surface area contributed by atoms with Crippen LogP contribution >= 0.6 is 11.3 Å². The number of hydrogen-bond acceptors (Lipinski definition) is 8. The van der Waals surface area contributed by atoms with Crippen LogP contribution in [0.5, 0.6) is 0 Å². The highest BCUT2D eigenvalue weighted by atomic mass is 32.1. The van der Waals surface area contributed by atoms with Gasteiger partial charge in [0.25, 0.3) is 0 Å².